The quantitative estimate of drug-likeness (QED) is 0.820. The monoisotopic (exact) mass is 253 g/mol. The van der Waals surface area contributed by atoms with Crippen molar-refractivity contribution in [1.82, 2.24) is 5.32 Å². The maximum atomic E-state index is 3.49. The Balaban J connectivity index is 2.83. The normalized spacial score (nSPS) is 15.9. The first-order valence-corrected chi connectivity index (χ1v) is 7.31. The molecule has 0 aliphatic rings. The molecular weight excluding hydrogens is 226 g/mol. The second-order valence-corrected chi connectivity index (χ2v) is 7.54. The third kappa shape index (κ3) is 3.82. The summed E-state index contributed by atoms with van der Waals surface area (Å²) in [6, 6.07) is 2.80. The molecule has 2 unspecified atom stereocenters. The second kappa shape index (κ2) is 5.53. The van der Waals surface area contributed by atoms with Gasteiger partial charge in [0.1, 0.15) is 0 Å². The van der Waals surface area contributed by atoms with Crippen molar-refractivity contribution in [1.29, 1.82) is 0 Å². The number of aryl methyl sites for hydroxylation is 2. The average Bonchev–Trinajstić information content (AvgIpc) is 2.52. The van der Waals surface area contributed by atoms with Gasteiger partial charge >= 0.3 is 0 Å². The van der Waals surface area contributed by atoms with Crippen LogP contribution in [0, 0.1) is 25.2 Å². The molecule has 17 heavy (non-hydrogen) atoms. The van der Waals surface area contributed by atoms with Gasteiger partial charge in [0.05, 0.1) is 0 Å². The molecule has 0 saturated heterocycles. The molecule has 0 aliphatic carbocycles. The summed E-state index contributed by atoms with van der Waals surface area (Å²) < 4.78 is 0. The zero-order chi connectivity index (χ0) is 13.2. The van der Waals surface area contributed by atoms with Crippen molar-refractivity contribution in [3.63, 3.8) is 0 Å². The van der Waals surface area contributed by atoms with Crippen LogP contribution in [-0.2, 0) is 0 Å². The molecule has 0 saturated carbocycles. The minimum atomic E-state index is 0.384. The van der Waals surface area contributed by atoms with Crippen molar-refractivity contribution in [3.8, 4) is 0 Å². The van der Waals surface area contributed by atoms with Crippen molar-refractivity contribution >= 4 is 11.3 Å². The van der Waals surface area contributed by atoms with Gasteiger partial charge in [0, 0.05) is 15.8 Å². The third-order valence-corrected chi connectivity index (χ3v) is 5.08. The van der Waals surface area contributed by atoms with Crippen LogP contribution in [-0.4, -0.2) is 7.05 Å². The highest BCUT2D eigenvalue weighted by Gasteiger charge is 2.25. The maximum absolute atomic E-state index is 3.49. The molecule has 1 N–H and O–H groups in total. The van der Waals surface area contributed by atoms with Gasteiger partial charge in [0.15, 0.2) is 0 Å². The molecule has 1 aromatic rings. The van der Waals surface area contributed by atoms with E-state index in [-0.39, 0.29) is 0 Å². The Morgan fingerprint density at radius 2 is 1.88 bits per heavy atom. The molecule has 0 aromatic carbocycles. The molecule has 0 spiro atoms. The lowest BCUT2D eigenvalue weighted by molar-refractivity contribution is 0.227. The summed E-state index contributed by atoms with van der Waals surface area (Å²) >= 11 is 1.94. The SMILES string of the molecule is CNC(CC(C)C(C)(C)C)c1sc(C)cc1C. The van der Waals surface area contributed by atoms with Crippen LogP contribution in [0.25, 0.3) is 0 Å². The molecule has 2 heteroatoms. The summed E-state index contributed by atoms with van der Waals surface area (Å²) in [6.07, 6.45) is 1.21. The molecule has 2 atom stereocenters. The molecule has 0 radical (unpaired) electrons. The maximum Gasteiger partial charge on any atom is 0.0417 e. The first kappa shape index (κ1) is 14.7. The molecule has 0 amide bonds. The van der Waals surface area contributed by atoms with Gasteiger partial charge in [-0.05, 0) is 50.3 Å². The van der Waals surface area contributed by atoms with E-state index in [1.54, 1.807) is 0 Å². The molecule has 0 aliphatic heterocycles. The lowest BCUT2D eigenvalue weighted by atomic mass is 9.78. The predicted octanol–water partition coefficient (Wildman–Crippen LogP) is 4.70. The highest BCUT2D eigenvalue weighted by Crippen LogP contribution is 2.36. The van der Waals surface area contributed by atoms with E-state index in [0.29, 0.717) is 17.4 Å². The Morgan fingerprint density at radius 1 is 1.29 bits per heavy atom. The number of hydrogen-bond donors (Lipinski definition) is 1. The Labute approximate surface area is 111 Å². The van der Waals surface area contributed by atoms with Gasteiger partial charge in [-0.1, -0.05) is 27.7 Å². The topological polar surface area (TPSA) is 12.0 Å². The summed E-state index contributed by atoms with van der Waals surface area (Å²) in [5.74, 6) is 0.710. The summed E-state index contributed by atoms with van der Waals surface area (Å²) in [7, 11) is 2.08. The largest absolute Gasteiger partial charge is 0.312 e. The minimum absolute atomic E-state index is 0.384. The summed E-state index contributed by atoms with van der Waals surface area (Å²) in [5, 5.41) is 3.49. The zero-order valence-corrected chi connectivity index (χ0v) is 13.2. The standard InChI is InChI=1S/C15H27NS/c1-10-8-12(3)17-14(10)13(16-7)9-11(2)15(4,5)6/h8,11,13,16H,9H2,1-7H3. The summed E-state index contributed by atoms with van der Waals surface area (Å²) in [5.41, 5.74) is 1.82. The van der Waals surface area contributed by atoms with Gasteiger partial charge in [-0.2, -0.15) is 0 Å². The molecule has 98 valence electrons. The van der Waals surface area contributed by atoms with Crippen molar-refractivity contribution in [2.24, 2.45) is 11.3 Å². The first-order chi connectivity index (χ1) is 7.75. The van der Waals surface area contributed by atoms with E-state index in [9.17, 15) is 0 Å². The van der Waals surface area contributed by atoms with E-state index < -0.39 is 0 Å². The Bertz CT molecular complexity index is 359. The molecule has 0 fully saturated rings. The van der Waals surface area contributed by atoms with Crippen LogP contribution in [0.4, 0.5) is 0 Å². The molecule has 0 bridgehead atoms. The fourth-order valence-electron chi connectivity index (χ4n) is 2.07. The Morgan fingerprint density at radius 3 is 2.24 bits per heavy atom. The van der Waals surface area contributed by atoms with Crippen LogP contribution in [0.3, 0.4) is 0 Å². The Kier molecular flexibility index (Phi) is 4.79. The van der Waals surface area contributed by atoms with Gasteiger partial charge in [-0.25, -0.2) is 0 Å². The molecule has 1 rings (SSSR count). The predicted molar refractivity (Wildman–Crippen MR) is 78.8 cm³/mol. The molecule has 1 aromatic heterocycles. The number of hydrogen-bond acceptors (Lipinski definition) is 2. The van der Waals surface area contributed by atoms with Crippen LogP contribution < -0.4 is 5.32 Å². The fourth-order valence-corrected chi connectivity index (χ4v) is 3.23. The van der Waals surface area contributed by atoms with E-state index in [1.807, 2.05) is 11.3 Å². The van der Waals surface area contributed by atoms with E-state index in [0.717, 1.165) is 0 Å². The van der Waals surface area contributed by atoms with Gasteiger partial charge in [0.2, 0.25) is 0 Å². The Hall–Kier alpha value is -0.340. The van der Waals surface area contributed by atoms with E-state index in [4.69, 9.17) is 0 Å². The van der Waals surface area contributed by atoms with Crippen LogP contribution >= 0.6 is 11.3 Å². The van der Waals surface area contributed by atoms with Crippen molar-refractivity contribution in [2.75, 3.05) is 7.05 Å². The van der Waals surface area contributed by atoms with Gasteiger partial charge in [0.25, 0.3) is 0 Å². The first-order valence-electron chi connectivity index (χ1n) is 6.50. The fraction of sp³-hybridized carbons (Fsp3) is 0.733. The van der Waals surface area contributed by atoms with E-state index >= 15 is 0 Å². The van der Waals surface area contributed by atoms with Crippen molar-refractivity contribution in [2.45, 2.75) is 54.0 Å². The average molecular weight is 253 g/mol. The zero-order valence-electron chi connectivity index (χ0n) is 12.3. The van der Waals surface area contributed by atoms with E-state index in [1.165, 1.54) is 21.7 Å². The highest BCUT2D eigenvalue weighted by molar-refractivity contribution is 7.12. The smallest absolute Gasteiger partial charge is 0.0417 e. The van der Waals surface area contributed by atoms with Gasteiger partial charge in [-0.15, -0.1) is 11.3 Å². The molecule has 1 nitrogen and oxygen atoms in total. The summed E-state index contributed by atoms with van der Waals surface area (Å²) in [4.78, 5) is 2.93. The summed E-state index contributed by atoms with van der Waals surface area (Å²) in [6.45, 7) is 13.8. The second-order valence-electron chi connectivity index (χ2n) is 6.25. The lowest BCUT2D eigenvalue weighted by Gasteiger charge is -2.30. The van der Waals surface area contributed by atoms with Crippen LogP contribution in [0.1, 0.15) is 55.5 Å². The minimum Gasteiger partial charge on any atom is -0.312 e. The molecule has 1 heterocycles. The lowest BCUT2D eigenvalue weighted by Crippen LogP contribution is -2.25. The number of rotatable bonds is 4. The van der Waals surface area contributed by atoms with Gasteiger partial charge < -0.3 is 5.32 Å². The van der Waals surface area contributed by atoms with E-state index in [2.05, 4.69) is 60.0 Å². The highest BCUT2D eigenvalue weighted by atomic mass is 32.1. The van der Waals surface area contributed by atoms with Crippen LogP contribution in [0.15, 0.2) is 6.07 Å². The molecular formula is C15H27NS. The number of thiophene rings is 1. The van der Waals surface area contributed by atoms with Crippen LogP contribution in [0.5, 0.6) is 0 Å². The van der Waals surface area contributed by atoms with Gasteiger partial charge in [-0.3, -0.25) is 0 Å². The van der Waals surface area contributed by atoms with Crippen molar-refractivity contribution in [3.05, 3.63) is 21.4 Å². The van der Waals surface area contributed by atoms with Crippen molar-refractivity contribution < 1.29 is 0 Å². The van der Waals surface area contributed by atoms with Crippen LogP contribution in [0.2, 0.25) is 0 Å². The number of nitrogens with one attached hydrogen (secondary N) is 1. The third-order valence-electron chi connectivity index (χ3n) is 3.81.